The zero-order chi connectivity index (χ0) is 12.5. The first kappa shape index (κ1) is 12.2. The van der Waals surface area contributed by atoms with Crippen LogP contribution in [-0.2, 0) is 6.42 Å². The minimum atomic E-state index is 0.613. The van der Waals surface area contributed by atoms with E-state index >= 15 is 0 Å². The van der Waals surface area contributed by atoms with Gasteiger partial charge in [-0.05, 0) is 37.3 Å². The largest absolute Gasteiger partial charge is 0.329 e. The summed E-state index contributed by atoms with van der Waals surface area (Å²) >= 11 is 0. The highest BCUT2D eigenvalue weighted by Crippen LogP contribution is 2.37. The lowest BCUT2D eigenvalue weighted by Crippen LogP contribution is -2.51. The van der Waals surface area contributed by atoms with Gasteiger partial charge in [-0.25, -0.2) is 0 Å². The summed E-state index contributed by atoms with van der Waals surface area (Å²) in [7, 11) is 0. The van der Waals surface area contributed by atoms with Crippen molar-refractivity contribution in [3.63, 3.8) is 0 Å². The number of rotatable bonds is 3. The van der Waals surface area contributed by atoms with E-state index in [-0.39, 0.29) is 0 Å². The van der Waals surface area contributed by atoms with Gasteiger partial charge in [-0.3, -0.25) is 4.90 Å². The van der Waals surface area contributed by atoms with E-state index < -0.39 is 0 Å². The van der Waals surface area contributed by atoms with Crippen LogP contribution in [0.25, 0.3) is 0 Å². The molecule has 2 heteroatoms. The molecule has 0 aromatic heterocycles. The molecule has 0 spiro atoms. The summed E-state index contributed by atoms with van der Waals surface area (Å²) in [5.41, 5.74) is 9.07. The molecular formula is C16H24N2. The Morgan fingerprint density at radius 3 is 2.89 bits per heavy atom. The fourth-order valence-electron chi connectivity index (χ4n) is 3.70. The average Bonchev–Trinajstić information content (AvgIpc) is 2.37. The van der Waals surface area contributed by atoms with Crippen molar-refractivity contribution >= 4 is 0 Å². The van der Waals surface area contributed by atoms with Crippen molar-refractivity contribution in [2.75, 3.05) is 13.1 Å². The first-order valence-corrected chi connectivity index (χ1v) is 7.33. The van der Waals surface area contributed by atoms with Crippen LogP contribution in [0.5, 0.6) is 0 Å². The monoisotopic (exact) mass is 244 g/mol. The van der Waals surface area contributed by atoms with Crippen molar-refractivity contribution in [1.82, 2.24) is 4.90 Å². The maximum absolute atomic E-state index is 5.94. The van der Waals surface area contributed by atoms with Gasteiger partial charge in [0, 0.05) is 31.1 Å². The van der Waals surface area contributed by atoms with Crippen LogP contribution in [0.15, 0.2) is 24.3 Å². The summed E-state index contributed by atoms with van der Waals surface area (Å²) < 4.78 is 0. The SMILES string of the molecule is CC1CCCC(CN)N1CC1Cc2ccccc21. The molecule has 0 saturated carbocycles. The predicted molar refractivity (Wildman–Crippen MR) is 75.7 cm³/mol. The highest BCUT2D eigenvalue weighted by atomic mass is 15.2. The molecule has 2 N–H and O–H groups in total. The Kier molecular flexibility index (Phi) is 3.40. The van der Waals surface area contributed by atoms with Gasteiger partial charge in [0.1, 0.15) is 0 Å². The topological polar surface area (TPSA) is 29.3 Å². The van der Waals surface area contributed by atoms with Crippen LogP contribution in [0.1, 0.15) is 43.2 Å². The third-order valence-electron chi connectivity index (χ3n) is 4.86. The Hall–Kier alpha value is -0.860. The molecule has 1 saturated heterocycles. The van der Waals surface area contributed by atoms with Crippen LogP contribution in [-0.4, -0.2) is 30.1 Å². The van der Waals surface area contributed by atoms with E-state index in [4.69, 9.17) is 5.73 Å². The molecule has 98 valence electrons. The Morgan fingerprint density at radius 1 is 1.28 bits per heavy atom. The number of likely N-dealkylation sites (tertiary alicyclic amines) is 1. The molecular weight excluding hydrogens is 220 g/mol. The van der Waals surface area contributed by atoms with Crippen molar-refractivity contribution in [2.45, 2.75) is 50.6 Å². The minimum Gasteiger partial charge on any atom is -0.329 e. The number of nitrogens with two attached hydrogens (primary N) is 1. The zero-order valence-corrected chi connectivity index (χ0v) is 11.3. The fourth-order valence-corrected chi connectivity index (χ4v) is 3.70. The van der Waals surface area contributed by atoms with Crippen LogP contribution in [0.2, 0.25) is 0 Å². The standard InChI is InChI=1S/C16H24N2/c1-12-5-4-7-15(10-17)18(12)11-14-9-13-6-2-3-8-16(13)14/h2-3,6,8,12,14-15H,4-5,7,9-11,17H2,1H3. The molecule has 1 heterocycles. The highest BCUT2D eigenvalue weighted by molar-refractivity contribution is 5.40. The van der Waals surface area contributed by atoms with E-state index in [1.807, 2.05) is 0 Å². The Morgan fingerprint density at radius 2 is 2.11 bits per heavy atom. The van der Waals surface area contributed by atoms with Gasteiger partial charge in [0.05, 0.1) is 0 Å². The predicted octanol–water partition coefficient (Wildman–Crippen LogP) is 2.53. The maximum atomic E-state index is 5.94. The molecule has 3 unspecified atom stereocenters. The van der Waals surface area contributed by atoms with Gasteiger partial charge in [-0.2, -0.15) is 0 Å². The summed E-state index contributed by atoms with van der Waals surface area (Å²) in [5.74, 6) is 0.746. The summed E-state index contributed by atoms with van der Waals surface area (Å²) in [4.78, 5) is 2.67. The van der Waals surface area contributed by atoms with Crippen LogP contribution in [0.3, 0.4) is 0 Å². The van der Waals surface area contributed by atoms with Gasteiger partial charge in [-0.15, -0.1) is 0 Å². The molecule has 3 rings (SSSR count). The molecule has 18 heavy (non-hydrogen) atoms. The van der Waals surface area contributed by atoms with Crippen LogP contribution in [0.4, 0.5) is 0 Å². The van der Waals surface area contributed by atoms with E-state index in [1.165, 1.54) is 32.2 Å². The average molecular weight is 244 g/mol. The third-order valence-corrected chi connectivity index (χ3v) is 4.86. The smallest absolute Gasteiger partial charge is 0.0221 e. The van der Waals surface area contributed by atoms with E-state index in [0.29, 0.717) is 12.1 Å². The second-order valence-corrected chi connectivity index (χ2v) is 5.97. The number of piperidine rings is 1. The molecule has 1 fully saturated rings. The van der Waals surface area contributed by atoms with E-state index in [9.17, 15) is 0 Å². The van der Waals surface area contributed by atoms with Gasteiger partial charge in [-0.1, -0.05) is 30.7 Å². The first-order valence-electron chi connectivity index (χ1n) is 7.33. The summed E-state index contributed by atoms with van der Waals surface area (Å²) in [6.45, 7) is 4.39. The Balaban J connectivity index is 1.69. The van der Waals surface area contributed by atoms with Crippen LogP contribution in [0, 0.1) is 0 Å². The van der Waals surface area contributed by atoms with Crippen molar-refractivity contribution in [3.05, 3.63) is 35.4 Å². The Bertz CT molecular complexity index is 415. The molecule has 1 aromatic carbocycles. The minimum absolute atomic E-state index is 0.613. The quantitative estimate of drug-likeness (QED) is 0.885. The van der Waals surface area contributed by atoms with Gasteiger partial charge in [0.2, 0.25) is 0 Å². The summed E-state index contributed by atoms with van der Waals surface area (Å²) in [6, 6.07) is 10.2. The fraction of sp³-hybridized carbons (Fsp3) is 0.625. The number of fused-ring (bicyclic) bond motifs is 1. The van der Waals surface area contributed by atoms with Gasteiger partial charge in [0.15, 0.2) is 0 Å². The molecule has 0 radical (unpaired) electrons. The second-order valence-electron chi connectivity index (χ2n) is 5.97. The molecule has 1 aliphatic carbocycles. The summed E-state index contributed by atoms with van der Waals surface area (Å²) in [6.07, 6.45) is 5.23. The van der Waals surface area contributed by atoms with Crippen molar-refractivity contribution in [3.8, 4) is 0 Å². The zero-order valence-electron chi connectivity index (χ0n) is 11.3. The lowest BCUT2D eigenvalue weighted by Gasteiger charge is -2.44. The van der Waals surface area contributed by atoms with E-state index in [1.54, 1.807) is 11.1 Å². The van der Waals surface area contributed by atoms with Crippen molar-refractivity contribution < 1.29 is 0 Å². The van der Waals surface area contributed by atoms with Crippen LogP contribution >= 0.6 is 0 Å². The summed E-state index contributed by atoms with van der Waals surface area (Å²) in [5, 5.41) is 0. The number of hydrogen-bond donors (Lipinski definition) is 1. The second kappa shape index (κ2) is 5.02. The first-order chi connectivity index (χ1) is 8.79. The normalized spacial score (nSPS) is 31.8. The lowest BCUT2D eigenvalue weighted by molar-refractivity contribution is 0.0868. The number of nitrogens with zero attached hydrogens (tertiary/aromatic N) is 1. The number of benzene rings is 1. The maximum Gasteiger partial charge on any atom is 0.0221 e. The lowest BCUT2D eigenvalue weighted by atomic mass is 9.76. The molecule has 2 aliphatic rings. The molecule has 1 aliphatic heterocycles. The van der Waals surface area contributed by atoms with E-state index in [0.717, 1.165) is 12.5 Å². The molecule has 0 amide bonds. The van der Waals surface area contributed by atoms with Gasteiger partial charge < -0.3 is 5.73 Å². The molecule has 3 atom stereocenters. The van der Waals surface area contributed by atoms with Gasteiger partial charge in [0.25, 0.3) is 0 Å². The molecule has 0 bridgehead atoms. The number of hydrogen-bond acceptors (Lipinski definition) is 2. The van der Waals surface area contributed by atoms with E-state index in [2.05, 4.69) is 36.1 Å². The van der Waals surface area contributed by atoms with Crippen molar-refractivity contribution in [1.29, 1.82) is 0 Å². The molecule has 1 aromatic rings. The third kappa shape index (κ3) is 2.08. The van der Waals surface area contributed by atoms with Gasteiger partial charge >= 0.3 is 0 Å². The Labute approximate surface area is 110 Å². The van der Waals surface area contributed by atoms with Crippen molar-refractivity contribution in [2.24, 2.45) is 5.73 Å². The molecule has 2 nitrogen and oxygen atoms in total. The highest BCUT2D eigenvalue weighted by Gasteiger charge is 2.33. The van der Waals surface area contributed by atoms with Crippen LogP contribution < -0.4 is 5.73 Å².